The average Bonchev–Trinajstić information content (AvgIpc) is 2.89. The highest BCUT2D eigenvalue weighted by Crippen LogP contribution is 2.28. The summed E-state index contributed by atoms with van der Waals surface area (Å²) >= 11 is 6.22. The Morgan fingerprint density at radius 2 is 2.09 bits per heavy atom. The number of rotatable bonds is 3. The van der Waals surface area contributed by atoms with Crippen molar-refractivity contribution < 1.29 is 0 Å². The van der Waals surface area contributed by atoms with Gasteiger partial charge in [0.25, 0.3) is 5.56 Å². The van der Waals surface area contributed by atoms with Crippen molar-refractivity contribution in [2.75, 3.05) is 12.4 Å². The van der Waals surface area contributed by atoms with E-state index in [1.54, 1.807) is 17.0 Å². The molecule has 0 saturated carbocycles. The van der Waals surface area contributed by atoms with Crippen LogP contribution in [0.5, 0.6) is 0 Å². The highest BCUT2D eigenvalue weighted by molar-refractivity contribution is 6.34. The van der Waals surface area contributed by atoms with E-state index in [0.29, 0.717) is 17.0 Å². The molecule has 3 aromatic rings. The number of aromatic amines is 1. The van der Waals surface area contributed by atoms with Crippen LogP contribution in [0, 0.1) is 13.8 Å². The van der Waals surface area contributed by atoms with Crippen LogP contribution in [-0.2, 0) is 6.54 Å². The Bertz CT molecular complexity index is 910. The third-order valence-electron chi connectivity index (χ3n) is 3.90. The molecular weight excluding hydrogens is 300 g/mol. The topological polar surface area (TPSA) is 62.7 Å². The number of hydrogen-bond donors (Lipinski definition) is 2. The van der Waals surface area contributed by atoms with Crippen molar-refractivity contribution in [1.29, 1.82) is 0 Å². The van der Waals surface area contributed by atoms with Crippen molar-refractivity contribution in [2.45, 2.75) is 20.4 Å². The van der Waals surface area contributed by atoms with E-state index in [2.05, 4.69) is 15.3 Å². The second-order valence-corrected chi connectivity index (χ2v) is 5.75. The van der Waals surface area contributed by atoms with Crippen LogP contribution in [0.15, 0.2) is 29.5 Å². The number of pyridine rings is 1. The van der Waals surface area contributed by atoms with Crippen molar-refractivity contribution in [1.82, 2.24) is 14.5 Å². The van der Waals surface area contributed by atoms with Crippen molar-refractivity contribution in [2.24, 2.45) is 0 Å². The highest BCUT2D eigenvalue weighted by Gasteiger charge is 2.11. The van der Waals surface area contributed by atoms with Crippen molar-refractivity contribution in [3.63, 3.8) is 0 Å². The molecule has 22 heavy (non-hydrogen) atoms. The zero-order valence-corrected chi connectivity index (χ0v) is 13.5. The number of hydrogen-bond acceptors (Lipinski definition) is 3. The Balaban J connectivity index is 2.20. The van der Waals surface area contributed by atoms with Crippen LogP contribution in [0.3, 0.4) is 0 Å². The predicted molar refractivity (Wildman–Crippen MR) is 89.9 cm³/mol. The molecule has 0 atom stereocenters. The lowest BCUT2D eigenvalue weighted by Crippen LogP contribution is -2.21. The zero-order valence-electron chi connectivity index (χ0n) is 12.7. The molecule has 1 aromatic carbocycles. The second-order valence-electron chi connectivity index (χ2n) is 5.35. The first-order valence-corrected chi connectivity index (χ1v) is 7.39. The van der Waals surface area contributed by atoms with Gasteiger partial charge < -0.3 is 14.9 Å². The van der Waals surface area contributed by atoms with Gasteiger partial charge in [0.05, 0.1) is 29.3 Å². The number of imidazole rings is 1. The van der Waals surface area contributed by atoms with E-state index in [0.717, 1.165) is 28.0 Å². The van der Waals surface area contributed by atoms with Crippen LogP contribution < -0.4 is 10.9 Å². The maximum atomic E-state index is 12.7. The first-order chi connectivity index (χ1) is 10.5. The van der Waals surface area contributed by atoms with Gasteiger partial charge in [0.15, 0.2) is 0 Å². The monoisotopic (exact) mass is 316 g/mol. The molecule has 0 aliphatic heterocycles. The van der Waals surface area contributed by atoms with Gasteiger partial charge >= 0.3 is 0 Å². The van der Waals surface area contributed by atoms with Crippen LogP contribution in [-0.4, -0.2) is 21.6 Å². The maximum Gasteiger partial charge on any atom is 0.258 e. The lowest BCUT2D eigenvalue weighted by Gasteiger charge is -2.12. The van der Waals surface area contributed by atoms with E-state index >= 15 is 0 Å². The smallest absolute Gasteiger partial charge is 0.258 e. The van der Waals surface area contributed by atoms with Crippen LogP contribution >= 0.6 is 11.6 Å². The van der Waals surface area contributed by atoms with E-state index in [9.17, 15) is 4.79 Å². The molecule has 114 valence electrons. The number of halogens is 1. The fourth-order valence-corrected chi connectivity index (χ4v) is 2.87. The standard InChI is InChI=1S/C16H17ClN4O/c1-9-6-21(7-15-10(2)19-8-20-15)16(22)12-4-13(17)14(18-3)5-11(9)12/h4-6,8,18H,7H2,1-3H3,(H,19,20). The molecule has 2 N–H and O–H groups in total. The summed E-state index contributed by atoms with van der Waals surface area (Å²) in [6.07, 6.45) is 3.51. The molecule has 0 unspecified atom stereocenters. The first kappa shape index (κ1) is 14.7. The number of aromatic nitrogens is 3. The fourth-order valence-electron chi connectivity index (χ4n) is 2.61. The summed E-state index contributed by atoms with van der Waals surface area (Å²) in [5, 5.41) is 5.11. The normalized spacial score (nSPS) is 11.1. The SMILES string of the molecule is CNc1cc2c(C)cn(Cc3nc[nH]c3C)c(=O)c2cc1Cl. The summed E-state index contributed by atoms with van der Waals surface area (Å²) in [7, 11) is 1.81. The third-order valence-corrected chi connectivity index (χ3v) is 4.21. The molecule has 0 saturated heterocycles. The number of nitrogens with zero attached hydrogens (tertiary/aromatic N) is 2. The van der Waals surface area contributed by atoms with Crippen LogP contribution in [0.4, 0.5) is 5.69 Å². The summed E-state index contributed by atoms with van der Waals surface area (Å²) in [5.41, 5.74) is 3.60. The summed E-state index contributed by atoms with van der Waals surface area (Å²) in [6, 6.07) is 3.64. The quantitative estimate of drug-likeness (QED) is 0.780. The van der Waals surface area contributed by atoms with Crippen LogP contribution in [0.2, 0.25) is 5.02 Å². The molecule has 0 amide bonds. The Labute approximate surface area is 133 Å². The lowest BCUT2D eigenvalue weighted by molar-refractivity contribution is 0.743. The van der Waals surface area contributed by atoms with E-state index in [4.69, 9.17) is 11.6 Å². The Morgan fingerprint density at radius 3 is 2.73 bits per heavy atom. The molecular formula is C16H17ClN4O. The summed E-state index contributed by atoms with van der Waals surface area (Å²) < 4.78 is 1.68. The molecule has 5 nitrogen and oxygen atoms in total. The van der Waals surface area contributed by atoms with Crippen LogP contribution in [0.1, 0.15) is 17.0 Å². The van der Waals surface area contributed by atoms with Gasteiger partial charge in [0.1, 0.15) is 0 Å². The van der Waals surface area contributed by atoms with Crippen LogP contribution in [0.25, 0.3) is 10.8 Å². The van der Waals surface area contributed by atoms with Crippen molar-refractivity contribution >= 4 is 28.1 Å². The van der Waals surface area contributed by atoms with E-state index in [-0.39, 0.29) is 5.56 Å². The summed E-state index contributed by atoms with van der Waals surface area (Å²) in [5.74, 6) is 0. The van der Waals surface area contributed by atoms with Gasteiger partial charge in [-0.1, -0.05) is 11.6 Å². The first-order valence-electron chi connectivity index (χ1n) is 7.01. The molecule has 0 aliphatic carbocycles. The van der Waals surface area contributed by atoms with Crippen molar-refractivity contribution in [3.8, 4) is 0 Å². The van der Waals surface area contributed by atoms with Gasteiger partial charge in [0.2, 0.25) is 0 Å². The number of fused-ring (bicyclic) bond motifs is 1. The van der Waals surface area contributed by atoms with Gasteiger partial charge in [-0.15, -0.1) is 0 Å². The number of nitrogens with one attached hydrogen (secondary N) is 2. The molecule has 2 heterocycles. The maximum absolute atomic E-state index is 12.7. The van der Waals surface area contributed by atoms with Crippen molar-refractivity contribution in [3.05, 3.63) is 57.0 Å². The van der Waals surface area contributed by atoms with Gasteiger partial charge in [-0.3, -0.25) is 4.79 Å². The largest absolute Gasteiger partial charge is 0.387 e. The molecule has 0 bridgehead atoms. The Morgan fingerprint density at radius 1 is 1.32 bits per heavy atom. The van der Waals surface area contributed by atoms with Gasteiger partial charge in [-0.25, -0.2) is 4.98 Å². The molecule has 2 aromatic heterocycles. The van der Waals surface area contributed by atoms with E-state index in [1.165, 1.54) is 0 Å². The number of H-pyrrole nitrogens is 1. The zero-order chi connectivity index (χ0) is 15.9. The fraction of sp³-hybridized carbons (Fsp3) is 0.250. The minimum atomic E-state index is -0.0625. The minimum absolute atomic E-state index is 0.0625. The molecule has 3 rings (SSSR count). The predicted octanol–water partition coefficient (Wildman–Crippen LogP) is 3.08. The van der Waals surface area contributed by atoms with E-state index in [1.807, 2.05) is 33.2 Å². The van der Waals surface area contributed by atoms with E-state index < -0.39 is 0 Å². The number of benzene rings is 1. The summed E-state index contributed by atoms with van der Waals surface area (Å²) in [6.45, 7) is 4.37. The van der Waals surface area contributed by atoms with Gasteiger partial charge in [0, 0.05) is 24.3 Å². The molecule has 0 radical (unpaired) electrons. The third kappa shape index (κ3) is 2.37. The molecule has 6 heteroatoms. The number of aryl methyl sites for hydroxylation is 2. The number of anilines is 1. The highest BCUT2D eigenvalue weighted by atomic mass is 35.5. The Hall–Kier alpha value is -2.27. The lowest BCUT2D eigenvalue weighted by atomic mass is 10.1. The second kappa shape index (κ2) is 5.50. The average molecular weight is 317 g/mol. The Kier molecular flexibility index (Phi) is 3.66. The van der Waals surface area contributed by atoms with Gasteiger partial charge in [-0.05, 0) is 36.9 Å². The summed E-state index contributed by atoms with van der Waals surface area (Å²) in [4.78, 5) is 20.0. The molecule has 0 spiro atoms. The van der Waals surface area contributed by atoms with Gasteiger partial charge in [-0.2, -0.15) is 0 Å². The molecule has 0 aliphatic rings. The minimum Gasteiger partial charge on any atom is -0.387 e. The molecule has 0 fully saturated rings.